The Hall–Kier alpha value is -1.71. The van der Waals surface area contributed by atoms with Gasteiger partial charge in [0, 0.05) is 16.6 Å². The van der Waals surface area contributed by atoms with Crippen LogP contribution >= 0.6 is 23.2 Å². The van der Waals surface area contributed by atoms with Gasteiger partial charge in [0.2, 0.25) is 0 Å². The number of carbonyl (C=O) groups is 1. The predicted molar refractivity (Wildman–Crippen MR) is 89.6 cm³/mol. The second-order valence-corrected chi connectivity index (χ2v) is 5.58. The van der Waals surface area contributed by atoms with Crippen LogP contribution in [0.15, 0.2) is 42.5 Å². The number of hydrogen-bond acceptors (Lipinski definition) is 2. The first-order valence-electron chi connectivity index (χ1n) is 7.01. The minimum atomic E-state index is -0.201. The maximum absolute atomic E-state index is 11.8. The average molecular weight is 338 g/mol. The van der Waals surface area contributed by atoms with E-state index in [0.717, 1.165) is 17.5 Å². The molecule has 0 aliphatic heterocycles. The van der Waals surface area contributed by atoms with E-state index in [4.69, 9.17) is 27.9 Å². The molecular weight excluding hydrogens is 321 g/mol. The summed E-state index contributed by atoms with van der Waals surface area (Å²) in [7, 11) is 0. The van der Waals surface area contributed by atoms with E-state index in [1.165, 1.54) is 0 Å². The quantitative estimate of drug-likeness (QED) is 0.855. The summed E-state index contributed by atoms with van der Waals surface area (Å²) in [4.78, 5) is 11.8. The molecule has 0 atom stereocenters. The standard InChI is InChI=1S/C17H17Cl2NO2/c1-2-12-9-14(7-8-16(12)19)22-11-17(21)20-10-13-5-3-4-6-15(13)18/h3-9H,2,10-11H2,1H3,(H,20,21). The van der Waals surface area contributed by atoms with Gasteiger partial charge in [0.05, 0.1) is 0 Å². The van der Waals surface area contributed by atoms with Crippen molar-refractivity contribution in [2.75, 3.05) is 6.61 Å². The van der Waals surface area contributed by atoms with Crippen molar-refractivity contribution in [1.82, 2.24) is 5.32 Å². The summed E-state index contributed by atoms with van der Waals surface area (Å²) in [5.74, 6) is 0.432. The van der Waals surface area contributed by atoms with Gasteiger partial charge in [0.15, 0.2) is 6.61 Å². The zero-order valence-electron chi connectivity index (χ0n) is 12.2. The Morgan fingerprint density at radius 2 is 1.82 bits per heavy atom. The summed E-state index contributed by atoms with van der Waals surface area (Å²) in [6, 6.07) is 12.8. The van der Waals surface area contributed by atoms with E-state index in [1.54, 1.807) is 18.2 Å². The molecule has 116 valence electrons. The summed E-state index contributed by atoms with van der Waals surface area (Å²) in [5.41, 5.74) is 1.87. The molecule has 22 heavy (non-hydrogen) atoms. The molecule has 0 saturated carbocycles. The SMILES string of the molecule is CCc1cc(OCC(=O)NCc2ccccc2Cl)ccc1Cl. The highest BCUT2D eigenvalue weighted by Crippen LogP contribution is 2.22. The van der Waals surface area contributed by atoms with Crippen LogP contribution in [-0.4, -0.2) is 12.5 Å². The van der Waals surface area contributed by atoms with E-state index in [9.17, 15) is 4.79 Å². The van der Waals surface area contributed by atoms with E-state index in [-0.39, 0.29) is 12.5 Å². The number of amides is 1. The van der Waals surface area contributed by atoms with Crippen molar-refractivity contribution in [3.63, 3.8) is 0 Å². The molecule has 1 amide bonds. The van der Waals surface area contributed by atoms with Crippen LogP contribution in [0, 0.1) is 0 Å². The lowest BCUT2D eigenvalue weighted by atomic mass is 10.1. The molecule has 0 aliphatic rings. The molecule has 0 spiro atoms. The van der Waals surface area contributed by atoms with Gasteiger partial charge in [0.25, 0.3) is 5.91 Å². The van der Waals surface area contributed by atoms with Gasteiger partial charge in [-0.25, -0.2) is 0 Å². The number of nitrogens with one attached hydrogen (secondary N) is 1. The molecule has 0 saturated heterocycles. The maximum atomic E-state index is 11.8. The minimum absolute atomic E-state index is 0.0464. The largest absolute Gasteiger partial charge is 0.484 e. The fraction of sp³-hybridized carbons (Fsp3) is 0.235. The Morgan fingerprint density at radius 3 is 2.55 bits per heavy atom. The van der Waals surface area contributed by atoms with Gasteiger partial charge in [-0.3, -0.25) is 4.79 Å². The summed E-state index contributed by atoms with van der Waals surface area (Å²) in [6.45, 7) is 2.35. The van der Waals surface area contributed by atoms with E-state index < -0.39 is 0 Å². The minimum Gasteiger partial charge on any atom is -0.484 e. The molecular formula is C17H17Cl2NO2. The van der Waals surface area contributed by atoms with E-state index in [2.05, 4.69) is 5.32 Å². The number of aryl methyl sites for hydroxylation is 1. The van der Waals surface area contributed by atoms with Gasteiger partial charge in [-0.1, -0.05) is 48.3 Å². The lowest BCUT2D eigenvalue weighted by Gasteiger charge is -2.10. The number of benzene rings is 2. The molecule has 0 aliphatic carbocycles. The highest BCUT2D eigenvalue weighted by atomic mass is 35.5. The van der Waals surface area contributed by atoms with Crippen molar-refractivity contribution in [3.05, 3.63) is 63.6 Å². The lowest BCUT2D eigenvalue weighted by molar-refractivity contribution is -0.123. The Balaban J connectivity index is 1.84. The monoisotopic (exact) mass is 337 g/mol. The van der Waals surface area contributed by atoms with E-state index in [1.807, 2.05) is 31.2 Å². The number of halogens is 2. The van der Waals surface area contributed by atoms with Gasteiger partial charge >= 0.3 is 0 Å². The zero-order chi connectivity index (χ0) is 15.9. The van der Waals surface area contributed by atoms with Crippen LogP contribution in [0.1, 0.15) is 18.1 Å². The number of carbonyl (C=O) groups excluding carboxylic acids is 1. The van der Waals surface area contributed by atoms with Gasteiger partial charge in [-0.2, -0.15) is 0 Å². The number of hydrogen-bond donors (Lipinski definition) is 1. The topological polar surface area (TPSA) is 38.3 Å². The third kappa shape index (κ3) is 4.65. The van der Waals surface area contributed by atoms with Crippen LogP contribution < -0.4 is 10.1 Å². The molecule has 0 aromatic heterocycles. The summed E-state index contributed by atoms with van der Waals surface area (Å²) in [6.07, 6.45) is 0.814. The van der Waals surface area contributed by atoms with Crippen molar-refractivity contribution < 1.29 is 9.53 Å². The average Bonchev–Trinajstić information content (AvgIpc) is 2.53. The number of ether oxygens (including phenoxy) is 1. The number of rotatable bonds is 6. The third-order valence-electron chi connectivity index (χ3n) is 3.20. The van der Waals surface area contributed by atoms with Gasteiger partial charge in [-0.15, -0.1) is 0 Å². The van der Waals surface area contributed by atoms with Crippen molar-refractivity contribution in [3.8, 4) is 5.75 Å². The highest BCUT2D eigenvalue weighted by Gasteiger charge is 2.06. The Labute approximate surface area is 140 Å². The molecule has 2 aromatic rings. The first-order valence-corrected chi connectivity index (χ1v) is 7.77. The first kappa shape index (κ1) is 16.7. The normalized spacial score (nSPS) is 10.3. The predicted octanol–water partition coefficient (Wildman–Crippen LogP) is 4.25. The maximum Gasteiger partial charge on any atom is 0.258 e. The molecule has 1 N–H and O–H groups in total. The van der Waals surface area contributed by atoms with Crippen molar-refractivity contribution in [2.24, 2.45) is 0 Å². The van der Waals surface area contributed by atoms with Gasteiger partial charge in [-0.05, 0) is 41.8 Å². The first-order chi connectivity index (χ1) is 10.6. The van der Waals surface area contributed by atoms with Gasteiger partial charge < -0.3 is 10.1 Å². The zero-order valence-corrected chi connectivity index (χ0v) is 13.7. The van der Waals surface area contributed by atoms with E-state index >= 15 is 0 Å². The van der Waals surface area contributed by atoms with Crippen LogP contribution in [0.25, 0.3) is 0 Å². The van der Waals surface area contributed by atoms with E-state index in [0.29, 0.717) is 22.3 Å². The molecule has 5 heteroatoms. The lowest BCUT2D eigenvalue weighted by Crippen LogP contribution is -2.28. The fourth-order valence-electron chi connectivity index (χ4n) is 1.95. The van der Waals surface area contributed by atoms with Crippen molar-refractivity contribution >= 4 is 29.1 Å². The second kappa shape index (κ2) is 8.06. The summed E-state index contributed by atoms with van der Waals surface area (Å²) < 4.78 is 5.48. The molecule has 0 unspecified atom stereocenters. The van der Waals surface area contributed by atoms with Crippen LogP contribution in [0.2, 0.25) is 10.0 Å². The summed E-state index contributed by atoms with van der Waals surface area (Å²) >= 11 is 12.1. The molecule has 3 nitrogen and oxygen atoms in total. The Bertz CT molecular complexity index is 659. The molecule has 2 aromatic carbocycles. The smallest absolute Gasteiger partial charge is 0.258 e. The Morgan fingerprint density at radius 1 is 1.09 bits per heavy atom. The fourth-order valence-corrected chi connectivity index (χ4v) is 2.40. The second-order valence-electron chi connectivity index (χ2n) is 4.76. The van der Waals surface area contributed by atoms with Crippen molar-refractivity contribution in [1.29, 1.82) is 0 Å². The van der Waals surface area contributed by atoms with Crippen LogP contribution in [-0.2, 0) is 17.8 Å². The molecule has 0 radical (unpaired) electrons. The van der Waals surface area contributed by atoms with Crippen LogP contribution in [0.5, 0.6) is 5.75 Å². The summed E-state index contributed by atoms with van der Waals surface area (Å²) in [5, 5.41) is 4.12. The molecule has 0 bridgehead atoms. The van der Waals surface area contributed by atoms with Gasteiger partial charge in [0.1, 0.15) is 5.75 Å². The van der Waals surface area contributed by atoms with Crippen molar-refractivity contribution in [2.45, 2.75) is 19.9 Å². The highest BCUT2D eigenvalue weighted by molar-refractivity contribution is 6.31. The third-order valence-corrected chi connectivity index (χ3v) is 3.94. The molecule has 0 fully saturated rings. The van der Waals surface area contributed by atoms with Crippen LogP contribution in [0.3, 0.4) is 0 Å². The Kier molecular flexibility index (Phi) is 6.10. The molecule has 2 rings (SSSR count). The van der Waals surface area contributed by atoms with Crippen LogP contribution in [0.4, 0.5) is 0 Å². The molecule has 0 heterocycles.